The molecule has 7 heteroatoms. The smallest absolute Gasteiger partial charge is 0.321 e. The van der Waals surface area contributed by atoms with E-state index in [1.165, 1.54) is 0 Å². The molecule has 1 saturated heterocycles. The summed E-state index contributed by atoms with van der Waals surface area (Å²) in [6, 6.07) is -0.505. The molecule has 2 rings (SSSR count). The summed E-state index contributed by atoms with van der Waals surface area (Å²) in [5, 5.41) is 16.2. The van der Waals surface area contributed by atoms with Crippen LogP contribution < -0.4 is 10.1 Å². The lowest BCUT2D eigenvalue weighted by Crippen LogP contribution is -2.33. The molecule has 0 amide bonds. The summed E-state index contributed by atoms with van der Waals surface area (Å²) in [5.74, 6) is 0.413. The van der Waals surface area contributed by atoms with Gasteiger partial charge in [0.1, 0.15) is 6.04 Å². The predicted octanol–water partition coefficient (Wildman–Crippen LogP) is 0.525. The van der Waals surface area contributed by atoms with Crippen LogP contribution in [0.25, 0.3) is 0 Å². The molecule has 0 radical (unpaired) electrons. The van der Waals surface area contributed by atoms with E-state index in [1.54, 1.807) is 23.6 Å². The minimum Gasteiger partial charge on any atom is -0.481 e. The second-order valence-corrected chi connectivity index (χ2v) is 5.04. The van der Waals surface area contributed by atoms with Gasteiger partial charge in [0.2, 0.25) is 5.88 Å². The number of carboxylic acid groups (broad SMARTS) is 1. The van der Waals surface area contributed by atoms with Gasteiger partial charge in [-0.3, -0.25) is 10.1 Å². The first-order valence-electron chi connectivity index (χ1n) is 5.22. The summed E-state index contributed by atoms with van der Waals surface area (Å²) in [4.78, 5) is 10.9. The summed E-state index contributed by atoms with van der Waals surface area (Å²) >= 11 is 1.56. The Hall–Kier alpha value is -1.21. The van der Waals surface area contributed by atoms with Crippen molar-refractivity contribution in [3.8, 4) is 5.88 Å². The Bertz CT molecular complexity index is 446. The Morgan fingerprint density at radius 3 is 2.94 bits per heavy atom. The molecular weight excluding hydrogens is 242 g/mol. The Labute approximate surface area is 103 Å². The fourth-order valence-electron chi connectivity index (χ4n) is 1.98. The number of thioether (sulfide) groups is 1. The normalized spacial score (nSPS) is 23.9. The fourth-order valence-corrected chi connectivity index (χ4v) is 3.30. The van der Waals surface area contributed by atoms with Crippen molar-refractivity contribution < 1.29 is 14.6 Å². The minimum atomic E-state index is -0.819. The second-order valence-electron chi connectivity index (χ2n) is 3.90. The summed E-state index contributed by atoms with van der Waals surface area (Å²) in [6.45, 7) is 1.90. The predicted molar refractivity (Wildman–Crippen MR) is 64.3 cm³/mol. The maximum absolute atomic E-state index is 10.9. The summed E-state index contributed by atoms with van der Waals surface area (Å²) < 4.78 is 6.97. The van der Waals surface area contributed by atoms with Gasteiger partial charge in [-0.05, 0) is 6.92 Å². The van der Waals surface area contributed by atoms with Crippen LogP contribution in [0.3, 0.4) is 0 Å². The zero-order valence-electron chi connectivity index (χ0n) is 9.93. The van der Waals surface area contributed by atoms with Crippen LogP contribution in [-0.2, 0) is 11.8 Å². The summed E-state index contributed by atoms with van der Waals surface area (Å²) in [6.07, 6.45) is 0. The van der Waals surface area contributed by atoms with E-state index < -0.39 is 12.0 Å². The Balaban J connectivity index is 2.27. The molecule has 1 aromatic heterocycles. The zero-order valence-corrected chi connectivity index (χ0v) is 10.7. The third kappa shape index (κ3) is 2.12. The number of aryl methyl sites for hydroxylation is 2. The van der Waals surface area contributed by atoms with E-state index in [1.807, 2.05) is 14.0 Å². The monoisotopic (exact) mass is 257 g/mol. The summed E-state index contributed by atoms with van der Waals surface area (Å²) in [5.41, 5.74) is 1.80. The zero-order chi connectivity index (χ0) is 12.6. The van der Waals surface area contributed by atoms with Crippen molar-refractivity contribution in [1.29, 1.82) is 0 Å². The molecule has 1 unspecified atom stereocenters. The van der Waals surface area contributed by atoms with Gasteiger partial charge in [0.05, 0.1) is 23.7 Å². The van der Waals surface area contributed by atoms with Crippen LogP contribution in [0.1, 0.15) is 16.6 Å². The number of nitrogens with one attached hydrogen (secondary N) is 1. The van der Waals surface area contributed by atoms with Gasteiger partial charge in [-0.1, -0.05) is 0 Å². The number of aliphatic carboxylic acids is 1. The third-order valence-electron chi connectivity index (χ3n) is 2.75. The van der Waals surface area contributed by atoms with Crippen LogP contribution in [0.2, 0.25) is 0 Å². The topological polar surface area (TPSA) is 76.4 Å². The molecule has 2 N–H and O–H groups in total. The average Bonchev–Trinajstić information content (AvgIpc) is 2.82. The molecule has 1 aliphatic rings. The van der Waals surface area contributed by atoms with Gasteiger partial charge < -0.3 is 9.84 Å². The van der Waals surface area contributed by atoms with E-state index in [4.69, 9.17) is 9.84 Å². The van der Waals surface area contributed by atoms with Crippen molar-refractivity contribution in [2.75, 3.05) is 12.9 Å². The van der Waals surface area contributed by atoms with Crippen LogP contribution >= 0.6 is 11.8 Å². The minimum absolute atomic E-state index is 0.0697. The highest BCUT2D eigenvalue weighted by molar-refractivity contribution is 7.99. The molecule has 17 heavy (non-hydrogen) atoms. The molecule has 6 nitrogen and oxygen atoms in total. The molecule has 0 bridgehead atoms. The van der Waals surface area contributed by atoms with E-state index in [-0.39, 0.29) is 5.37 Å². The highest BCUT2D eigenvalue weighted by atomic mass is 32.2. The number of methoxy groups -OCH3 is 1. The van der Waals surface area contributed by atoms with Gasteiger partial charge in [0, 0.05) is 12.8 Å². The highest BCUT2D eigenvalue weighted by Gasteiger charge is 2.34. The first-order chi connectivity index (χ1) is 8.04. The lowest BCUT2D eigenvalue weighted by atomic mass is 10.2. The van der Waals surface area contributed by atoms with E-state index in [9.17, 15) is 4.79 Å². The maximum Gasteiger partial charge on any atom is 0.321 e. The first kappa shape index (κ1) is 12.3. The molecule has 1 aliphatic heterocycles. The average molecular weight is 257 g/mol. The molecule has 0 aromatic carbocycles. The standard InChI is InChI=1S/C10H15N3O3S/c1-5-7(9(16-3)13(2)12-5)8-11-6(4-17-8)10(14)15/h6,8,11H,4H2,1-3H3,(H,14,15)/t6-,8?/m0/s1. The largest absolute Gasteiger partial charge is 0.481 e. The number of ether oxygens (including phenoxy) is 1. The molecule has 0 saturated carbocycles. The number of nitrogens with zero attached hydrogens (tertiary/aromatic N) is 2. The van der Waals surface area contributed by atoms with Gasteiger partial charge in [-0.2, -0.15) is 5.10 Å². The maximum atomic E-state index is 10.9. The molecule has 0 spiro atoms. The van der Waals surface area contributed by atoms with Gasteiger partial charge >= 0.3 is 5.97 Å². The molecule has 0 aliphatic carbocycles. The molecule has 1 aromatic rings. The highest BCUT2D eigenvalue weighted by Crippen LogP contribution is 2.39. The number of carbonyl (C=O) groups is 1. The summed E-state index contributed by atoms with van der Waals surface area (Å²) in [7, 11) is 3.40. The van der Waals surface area contributed by atoms with Crippen LogP contribution in [0.4, 0.5) is 0 Å². The molecule has 2 atom stereocenters. The lowest BCUT2D eigenvalue weighted by Gasteiger charge is -2.12. The Morgan fingerprint density at radius 1 is 1.71 bits per heavy atom. The second kappa shape index (κ2) is 4.58. The number of carboxylic acids is 1. The van der Waals surface area contributed by atoms with Crippen LogP contribution in [0.15, 0.2) is 0 Å². The van der Waals surface area contributed by atoms with Gasteiger partial charge in [-0.15, -0.1) is 11.8 Å². The van der Waals surface area contributed by atoms with Gasteiger partial charge in [-0.25, -0.2) is 4.68 Å². The quantitative estimate of drug-likeness (QED) is 0.822. The van der Waals surface area contributed by atoms with Gasteiger partial charge in [0.15, 0.2) is 0 Å². The van der Waals surface area contributed by atoms with Crippen LogP contribution in [-0.4, -0.2) is 39.8 Å². The third-order valence-corrected chi connectivity index (χ3v) is 3.98. The van der Waals surface area contributed by atoms with Crippen molar-refractivity contribution in [1.82, 2.24) is 15.1 Å². The molecule has 1 fully saturated rings. The van der Waals surface area contributed by atoms with Crippen molar-refractivity contribution in [2.45, 2.75) is 18.3 Å². The number of aromatic nitrogens is 2. The Kier molecular flexibility index (Phi) is 3.30. The lowest BCUT2D eigenvalue weighted by molar-refractivity contribution is -0.138. The van der Waals surface area contributed by atoms with Crippen molar-refractivity contribution in [3.63, 3.8) is 0 Å². The Morgan fingerprint density at radius 2 is 2.41 bits per heavy atom. The number of hydrogen-bond acceptors (Lipinski definition) is 5. The van der Waals surface area contributed by atoms with E-state index in [0.29, 0.717) is 11.6 Å². The fraction of sp³-hybridized carbons (Fsp3) is 0.600. The first-order valence-corrected chi connectivity index (χ1v) is 6.27. The van der Waals surface area contributed by atoms with Crippen LogP contribution in [0.5, 0.6) is 5.88 Å². The van der Waals surface area contributed by atoms with E-state index in [0.717, 1.165) is 11.3 Å². The number of rotatable bonds is 3. The SMILES string of the molecule is COc1c(C2N[C@H](C(=O)O)CS2)c(C)nn1C. The van der Waals surface area contributed by atoms with E-state index >= 15 is 0 Å². The number of hydrogen-bond donors (Lipinski definition) is 2. The van der Waals surface area contributed by atoms with Crippen molar-refractivity contribution >= 4 is 17.7 Å². The van der Waals surface area contributed by atoms with Crippen LogP contribution in [0, 0.1) is 6.92 Å². The van der Waals surface area contributed by atoms with E-state index in [2.05, 4.69) is 10.4 Å². The molecule has 94 valence electrons. The van der Waals surface area contributed by atoms with Crippen molar-refractivity contribution in [3.05, 3.63) is 11.3 Å². The van der Waals surface area contributed by atoms with Crippen molar-refractivity contribution in [2.24, 2.45) is 7.05 Å². The molecular formula is C10H15N3O3S. The molecule has 2 heterocycles. The van der Waals surface area contributed by atoms with Gasteiger partial charge in [0.25, 0.3) is 0 Å².